The Morgan fingerprint density at radius 1 is 0.966 bits per heavy atom. The highest BCUT2D eigenvalue weighted by Gasteiger charge is 2.22. The number of carbonyl (C=O) groups is 2. The number of piperazine rings is 1. The highest BCUT2D eigenvalue weighted by atomic mass is 79.9. The average molecular weight is 472 g/mol. The first-order chi connectivity index (χ1) is 14.1. The van der Waals surface area contributed by atoms with Crippen molar-refractivity contribution >= 4 is 49.9 Å². The van der Waals surface area contributed by atoms with E-state index in [0.29, 0.717) is 18.7 Å². The molecular formula is C22H22BrN3O2S. The first kappa shape index (κ1) is 20.1. The number of nitrogens with one attached hydrogen (secondary N) is 1. The topological polar surface area (TPSA) is 52.7 Å². The molecule has 4 rings (SSSR count). The molecule has 0 atom stereocenters. The third kappa shape index (κ3) is 5.04. The maximum absolute atomic E-state index is 12.5. The van der Waals surface area contributed by atoms with Crippen molar-refractivity contribution in [2.24, 2.45) is 0 Å². The van der Waals surface area contributed by atoms with E-state index < -0.39 is 0 Å². The van der Waals surface area contributed by atoms with Crippen molar-refractivity contribution in [2.75, 3.05) is 32.7 Å². The Bertz CT molecular complexity index is 1030. The molecule has 1 N–H and O–H groups in total. The molecule has 0 aliphatic carbocycles. The molecule has 2 amide bonds. The molecule has 0 saturated carbocycles. The number of halogens is 1. The molecule has 29 heavy (non-hydrogen) atoms. The van der Waals surface area contributed by atoms with Gasteiger partial charge in [-0.05, 0) is 51.0 Å². The number of amides is 2. The first-order valence-electron chi connectivity index (χ1n) is 9.60. The Kier molecular flexibility index (Phi) is 6.28. The van der Waals surface area contributed by atoms with Crippen LogP contribution >= 0.6 is 27.3 Å². The quantitative estimate of drug-likeness (QED) is 0.616. The second kappa shape index (κ2) is 9.07. The molecule has 2 heterocycles. The number of fused-ring (bicyclic) bond motifs is 1. The van der Waals surface area contributed by atoms with Crippen LogP contribution in [-0.4, -0.2) is 54.3 Å². The standard InChI is InChI=1S/C22H22BrN3O2S/c23-20-8-7-19(29-20)15-25-9-11-26(12-10-25)21(27)14-24-22(28)18-6-5-16-3-1-2-4-17(16)13-18/h1-8,13H,9-12,14-15H2,(H,24,28). The Hall–Kier alpha value is -2.22. The number of thiophene rings is 1. The van der Waals surface area contributed by atoms with Crippen LogP contribution in [0.4, 0.5) is 0 Å². The highest BCUT2D eigenvalue weighted by molar-refractivity contribution is 9.11. The summed E-state index contributed by atoms with van der Waals surface area (Å²) in [5.41, 5.74) is 0.573. The zero-order chi connectivity index (χ0) is 20.2. The fourth-order valence-corrected chi connectivity index (χ4v) is 5.04. The fourth-order valence-electron chi connectivity index (χ4n) is 3.51. The molecule has 0 spiro atoms. The molecule has 1 aliphatic rings. The maximum atomic E-state index is 12.5. The summed E-state index contributed by atoms with van der Waals surface area (Å²) < 4.78 is 1.14. The van der Waals surface area contributed by atoms with Crippen molar-refractivity contribution < 1.29 is 9.59 Å². The van der Waals surface area contributed by atoms with Crippen LogP contribution < -0.4 is 5.32 Å². The van der Waals surface area contributed by atoms with Crippen molar-refractivity contribution in [3.63, 3.8) is 0 Å². The lowest BCUT2D eigenvalue weighted by atomic mass is 10.1. The molecule has 1 fully saturated rings. The van der Waals surface area contributed by atoms with Crippen LogP contribution in [0.5, 0.6) is 0 Å². The molecule has 1 saturated heterocycles. The molecule has 1 aliphatic heterocycles. The van der Waals surface area contributed by atoms with E-state index in [4.69, 9.17) is 0 Å². The summed E-state index contributed by atoms with van der Waals surface area (Å²) in [5.74, 6) is -0.247. The predicted molar refractivity (Wildman–Crippen MR) is 120 cm³/mol. The second-order valence-electron chi connectivity index (χ2n) is 7.11. The summed E-state index contributed by atoms with van der Waals surface area (Å²) in [6.07, 6.45) is 0. The van der Waals surface area contributed by atoms with Crippen molar-refractivity contribution in [3.8, 4) is 0 Å². The third-order valence-corrected chi connectivity index (χ3v) is 6.75. The maximum Gasteiger partial charge on any atom is 0.251 e. The van der Waals surface area contributed by atoms with Crippen molar-refractivity contribution in [2.45, 2.75) is 6.54 Å². The Labute approximate surface area is 182 Å². The van der Waals surface area contributed by atoms with Crippen LogP contribution in [-0.2, 0) is 11.3 Å². The van der Waals surface area contributed by atoms with E-state index in [1.807, 2.05) is 41.3 Å². The molecule has 2 aromatic carbocycles. The summed E-state index contributed by atoms with van der Waals surface area (Å²) in [7, 11) is 0. The van der Waals surface area contributed by atoms with E-state index in [-0.39, 0.29) is 18.4 Å². The Morgan fingerprint density at radius 3 is 2.45 bits per heavy atom. The number of hydrogen-bond acceptors (Lipinski definition) is 4. The largest absolute Gasteiger partial charge is 0.343 e. The van der Waals surface area contributed by atoms with Crippen molar-refractivity contribution in [1.29, 1.82) is 0 Å². The zero-order valence-electron chi connectivity index (χ0n) is 15.9. The van der Waals surface area contributed by atoms with Gasteiger partial charge in [0.05, 0.1) is 10.3 Å². The van der Waals surface area contributed by atoms with E-state index in [0.717, 1.165) is 34.2 Å². The van der Waals surface area contributed by atoms with Gasteiger partial charge in [-0.15, -0.1) is 11.3 Å². The van der Waals surface area contributed by atoms with Gasteiger partial charge in [0.2, 0.25) is 5.91 Å². The zero-order valence-corrected chi connectivity index (χ0v) is 18.3. The number of rotatable bonds is 5. The van der Waals surface area contributed by atoms with Gasteiger partial charge in [-0.1, -0.05) is 30.3 Å². The van der Waals surface area contributed by atoms with Crippen LogP contribution in [0.25, 0.3) is 10.8 Å². The van der Waals surface area contributed by atoms with Gasteiger partial charge >= 0.3 is 0 Å². The van der Waals surface area contributed by atoms with E-state index in [1.165, 1.54) is 4.88 Å². The summed E-state index contributed by atoms with van der Waals surface area (Å²) >= 11 is 5.24. The molecule has 1 aromatic heterocycles. The fraction of sp³-hybridized carbons (Fsp3) is 0.273. The number of nitrogens with zero attached hydrogens (tertiary/aromatic N) is 2. The first-order valence-corrected chi connectivity index (χ1v) is 11.2. The number of carbonyl (C=O) groups excluding carboxylic acids is 2. The summed E-state index contributed by atoms with van der Waals surface area (Å²) in [6.45, 7) is 4.02. The molecule has 5 nitrogen and oxygen atoms in total. The van der Waals surface area contributed by atoms with E-state index in [9.17, 15) is 9.59 Å². The summed E-state index contributed by atoms with van der Waals surface area (Å²) in [5, 5.41) is 4.87. The Balaban J connectivity index is 1.25. The van der Waals surface area contributed by atoms with Gasteiger partial charge in [0.15, 0.2) is 0 Å². The van der Waals surface area contributed by atoms with Gasteiger partial charge in [-0.25, -0.2) is 0 Å². The minimum Gasteiger partial charge on any atom is -0.343 e. The van der Waals surface area contributed by atoms with E-state index in [2.05, 4.69) is 38.3 Å². The van der Waals surface area contributed by atoms with E-state index in [1.54, 1.807) is 17.4 Å². The predicted octanol–water partition coefficient (Wildman–Crippen LogP) is 3.74. The van der Waals surface area contributed by atoms with Crippen LogP contribution in [0.15, 0.2) is 58.4 Å². The minimum atomic E-state index is -0.217. The van der Waals surface area contributed by atoms with Crippen molar-refractivity contribution in [3.05, 3.63) is 68.8 Å². The average Bonchev–Trinajstić information content (AvgIpc) is 3.16. The van der Waals surface area contributed by atoms with Crippen LogP contribution in [0.3, 0.4) is 0 Å². The SMILES string of the molecule is O=C(NCC(=O)N1CCN(Cc2ccc(Br)s2)CC1)c1ccc2ccccc2c1. The number of hydrogen-bond donors (Lipinski definition) is 1. The smallest absolute Gasteiger partial charge is 0.251 e. The molecular weight excluding hydrogens is 450 g/mol. The lowest BCUT2D eigenvalue weighted by molar-refractivity contribution is -0.131. The molecule has 7 heteroatoms. The molecule has 3 aromatic rings. The summed E-state index contributed by atoms with van der Waals surface area (Å²) in [4.78, 5) is 30.5. The van der Waals surface area contributed by atoms with Crippen LogP contribution in [0, 0.1) is 0 Å². The Morgan fingerprint density at radius 2 is 1.72 bits per heavy atom. The van der Waals surface area contributed by atoms with Gasteiger partial charge in [0, 0.05) is 43.2 Å². The lowest BCUT2D eigenvalue weighted by Crippen LogP contribution is -2.50. The monoisotopic (exact) mass is 471 g/mol. The minimum absolute atomic E-state index is 0.0299. The van der Waals surface area contributed by atoms with Gasteiger partial charge in [-0.3, -0.25) is 14.5 Å². The third-order valence-electron chi connectivity index (χ3n) is 5.15. The highest BCUT2D eigenvalue weighted by Crippen LogP contribution is 2.23. The molecule has 0 unspecified atom stereocenters. The van der Waals surface area contributed by atoms with E-state index >= 15 is 0 Å². The molecule has 0 bridgehead atoms. The van der Waals surface area contributed by atoms with Gasteiger partial charge < -0.3 is 10.2 Å². The molecule has 150 valence electrons. The van der Waals surface area contributed by atoms with Gasteiger partial charge in [-0.2, -0.15) is 0 Å². The van der Waals surface area contributed by atoms with Gasteiger partial charge in [0.1, 0.15) is 0 Å². The lowest BCUT2D eigenvalue weighted by Gasteiger charge is -2.34. The van der Waals surface area contributed by atoms with Gasteiger partial charge in [0.25, 0.3) is 5.91 Å². The second-order valence-corrected chi connectivity index (χ2v) is 9.65. The number of benzene rings is 2. The normalized spacial score (nSPS) is 14.9. The van der Waals surface area contributed by atoms with Crippen molar-refractivity contribution in [1.82, 2.24) is 15.1 Å². The molecule has 0 radical (unpaired) electrons. The van der Waals surface area contributed by atoms with Crippen LogP contribution in [0.1, 0.15) is 15.2 Å². The summed E-state index contributed by atoms with van der Waals surface area (Å²) in [6, 6.07) is 17.7. The van der Waals surface area contributed by atoms with Crippen LogP contribution in [0.2, 0.25) is 0 Å².